The highest BCUT2D eigenvalue weighted by Gasteiger charge is 2.20. The summed E-state index contributed by atoms with van der Waals surface area (Å²) in [5.41, 5.74) is 1.16. The van der Waals surface area contributed by atoms with Crippen LogP contribution in [0, 0.1) is 5.92 Å². The van der Waals surface area contributed by atoms with Crippen LogP contribution in [0.25, 0.3) is 0 Å². The van der Waals surface area contributed by atoms with Gasteiger partial charge in [0.05, 0.1) is 6.20 Å². The second-order valence-corrected chi connectivity index (χ2v) is 4.51. The fraction of sp³-hybridized carbons (Fsp3) is 0.667. The van der Waals surface area contributed by atoms with Crippen LogP contribution in [0.4, 0.5) is 0 Å². The molecular formula is C12H19N3O. The van der Waals surface area contributed by atoms with Crippen molar-refractivity contribution in [1.29, 1.82) is 0 Å². The number of rotatable bonds is 4. The first-order valence-electron chi connectivity index (χ1n) is 5.96. The number of nitrogens with one attached hydrogen (secondary N) is 1. The molecule has 0 spiro atoms. The number of nitrogens with zero attached hydrogens (tertiary/aromatic N) is 2. The molecule has 88 valence electrons. The van der Waals surface area contributed by atoms with Crippen LogP contribution in [0.5, 0.6) is 0 Å². The monoisotopic (exact) mass is 221 g/mol. The highest BCUT2D eigenvalue weighted by Crippen LogP contribution is 2.15. The molecule has 0 saturated carbocycles. The summed E-state index contributed by atoms with van der Waals surface area (Å²) in [7, 11) is 1.90. The molecule has 1 aliphatic rings. The first kappa shape index (κ1) is 11.3. The molecule has 1 fully saturated rings. The quantitative estimate of drug-likeness (QED) is 0.822. The standard InChI is InChI=1S/C12H19N3O/c1-15-9-10(8-14-15)2-3-12(16)11-4-6-13-7-5-11/h8-9,11,13H,2-7H2,1H3. The van der Waals surface area contributed by atoms with Gasteiger partial charge in [-0.1, -0.05) is 0 Å². The third-order valence-corrected chi connectivity index (χ3v) is 3.21. The van der Waals surface area contributed by atoms with Crippen LogP contribution < -0.4 is 5.32 Å². The molecule has 16 heavy (non-hydrogen) atoms. The molecular weight excluding hydrogens is 202 g/mol. The van der Waals surface area contributed by atoms with Gasteiger partial charge in [-0.2, -0.15) is 5.10 Å². The second-order valence-electron chi connectivity index (χ2n) is 4.51. The van der Waals surface area contributed by atoms with E-state index in [1.54, 1.807) is 4.68 Å². The molecule has 0 bridgehead atoms. The maximum absolute atomic E-state index is 11.9. The summed E-state index contributed by atoms with van der Waals surface area (Å²) >= 11 is 0. The highest BCUT2D eigenvalue weighted by atomic mass is 16.1. The minimum absolute atomic E-state index is 0.290. The predicted molar refractivity (Wildman–Crippen MR) is 62.1 cm³/mol. The van der Waals surface area contributed by atoms with Crippen molar-refractivity contribution in [2.24, 2.45) is 13.0 Å². The van der Waals surface area contributed by atoms with Crippen molar-refractivity contribution in [2.45, 2.75) is 25.7 Å². The van der Waals surface area contributed by atoms with Crippen LogP contribution >= 0.6 is 0 Å². The molecule has 4 nitrogen and oxygen atoms in total. The van der Waals surface area contributed by atoms with Crippen molar-refractivity contribution in [3.8, 4) is 0 Å². The van der Waals surface area contributed by atoms with Gasteiger partial charge in [-0.05, 0) is 37.9 Å². The van der Waals surface area contributed by atoms with Crippen LogP contribution in [0.15, 0.2) is 12.4 Å². The Morgan fingerprint density at radius 2 is 2.31 bits per heavy atom. The van der Waals surface area contributed by atoms with E-state index in [0.717, 1.165) is 37.9 Å². The van der Waals surface area contributed by atoms with E-state index < -0.39 is 0 Å². The third kappa shape index (κ3) is 2.92. The zero-order chi connectivity index (χ0) is 11.4. The first-order chi connectivity index (χ1) is 7.75. The molecule has 0 aromatic carbocycles. The van der Waals surface area contributed by atoms with Gasteiger partial charge < -0.3 is 5.32 Å². The largest absolute Gasteiger partial charge is 0.317 e. The second kappa shape index (κ2) is 5.25. The molecule has 0 atom stereocenters. The average Bonchev–Trinajstić information content (AvgIpc) is 2.73. The number of piperidine rings is 1. The van der Waals surface area contributed by atoms with E-state index in [0.29, 0.717) is 12.2 Å². The topological polar surface area (TPSA) is 46.9 Å². The van der Waals surface area contributed by atoms with Gasteiger partial charge in [0, 0.05) is 25.6 Å². The fourth-order valence-corrected chi connectivity index (χ4v) is 2.22. The van der Waals surface area contributed by atoms with Crippen molar-refractivity contribution >= 4 is 5.78 Å². The Morgan fingerprint density at radius 3 is 2.94 bits per heavy atom. The average molecular weight is 221 g/mol. The normalized spacial score (nSPS) is 17.6. The smallest absolute Gasteiger partial charge is 0.136 e. The maximum Gasteiger partial charge on any atom is 0.136 e. The molecule has 0 radical (unpaired) electrons. The lowest BCUT2D eigenvalue weighted by Gasteiger charge is -2.21. The van der Waals surface area contributed by atoms with Crippen molar-refractivity contribution in [1.82, 2.24) is 15.1 Å². The van der Waals surface area contributed by atoms with E-state index in [2.05, 4.69) is 10.4 Å². The molecule has 0 amide bonds. The van der Waals surface area contributed by atoms with E-state index in [-0.39, 0.29) is 5.92 Å². The number of aryl methyl sites for hydroxylation is 2. The summed E-state index contributed by atoms with van der Waals surface area (Å²) in [6.07, 6.45) is 7.33. The van der Waals surface area contributed by atoms with Crippen molar-refractivity contribution in [2.75, 3.05) is 13.1 Å². The fourth-order valence-electron chi connectivity index (χ4n) is 2.22. The van der Waals surface area contributed by atoms with Gasteiger partial charge >= 0.3 is 0 Å². The van der Waals surface area contributed by atoms with E-state index in [9.17, 15) is 4.79 Å². The van der Waals surface area contributed by atoms with Crippen molar-refractivity contribution < 1.29 is 4.79 Å². The third-order valence-electron chi connectivity index (χ3n) is 3.21. The molecule has 2 heterocycles. The van der Waals surface area contributed by atoms with Gasteiger partial charge in [-0.25, -0.2) is 0 Å². The lowest BCUT2D eigenvalue weighted by atomic mass is 9.91. The number of ketones is 1. The number of Topliss-reactive ketones (excluding diaryl/α,β-unsaturated/α-hetero) is 1. The predicted octanol–water partition coefficient (Wildman–Crippen LogP) is 0.921. The van der Waals surface area contributed by atoms with Crippen LogP contribution in [-0.2, 0) is 18.3 Å². The maximum atomic E-state index is 11.9. The van der Waals surface area contributed by atoms with Crippen LogP contribution in [0.1, 0.15) is 24.8 Å². The van der Waals surface area contributed by atoms with Gasteiger partial charge in [0.25, 0.3) is 0 Å². The van der Waals surface area contributed by atoms with Crippen LogP contribution in [0.2, 0.25) is 0 Å². The molecule has 4 heteroatoms. The summed E-state index contributed by atoms with van der Waals surface area (Å²) in [6.45, 7) is 1.98. The number of carbonyl (C=O) groups excluding carboxylic acids is 1. The van der Waals surface area contributed by atoms with Crippen LogP contribution in [-0.4, -0.2) is 28.7 Å². The molecule has 1 aliphatic heterocycles. The SMILES string of the molecule is Cn1cc(CCC(=O)C2CCNCC2)cn1. The number of aromatic nitrogens is 2. The first-order valence-corrected chi connectivity index (χ1v) is 5.96. The van der Waals surface area contributed by atoms with Gasteiger partial charge in [-0.3, -0.25) is 9.48 Å². The van der Waals surface area contributed by atoms with Gasteiger partial charge in [0.2, 0.25) is 0 Å². The molecule has 1 aromatic rings. The lowest BCUT2D eigenvalue weighted by molar-refractivity contribution is -0.123. The molecule has 1 saturated heterocycles. The number of carbonyl (C=O) groups is 1. The minimum Gasteiger partial charge on any atom is -0.317 e. The van der Waals surface area contributed by atoms with Gasteiger partial charge in [0.15, 0.2) is 0 Å². The lowest BCUT2D eigenvalue weighted by Crippen LogP contribution is -2.31. The van der Waals surface area contributed by atoms with Gasteiger partial charge in [-0.15, -0.1) is 0 Å². The van der Waals surface area contributed by atoms with Crippen molar-refractivity contribution in [3.05, 3.63) is 18.0 Å². The van der Waals surface area contributed by atoms with E-state index >= 15 is 0 Å². The number of hydrogen-bond donors (Lipinski definition) is 1. The minimum atomic E-state index is 0.290. The summed E-state index contributed by atoms with van der Waals surface area (Å²) in [5, 5.41) is 7.38. The summed E-state index contributed by atoms with van der Waals surface area (Å²) < 4.78 is 1.78. The Morgan fingerprint density at radius 1 is 1.56 bits per heavy atom. The molecule has 1 aromatic heterocycles. The van der Waals surface area contributed by atoms with E-state index in [1.165, 1.54) is 0 Å². The summed E-state index contributed by atoms with van der Waals surface area (Å²) in [6, 6.07) is 0. The summed E-state index contributed by atoms with van der Waals surface area (Å²) in [4.78, 5) is 11.9. The highest BCUT2D eigenvalue weighted by molar-refractivity contribution is 5.81. The Balaban J connectivity index is 1.78. The zero-order valence-corrected chi connectivity index (χ0v) is 9.78. The molecule has 0 aliphatic carbocycles. The van der Waals surface area contributed by atoms with E-state index in [4.69, 9.17) is 0 Å². The van der Waals surface area contributed by atoms with Crippen molar-refractivity contribution in [3.63, 3.8) is 0 Å². The van der Waals surface area contributed by atoms with E-state index in [1.807, 2.05) is 19.4 Å². The Hall–Kier alpha value is -1.16. The summed E-state index contributed by atoms with van der Waals surface area (Å²) in [5.74, 6) is 0.711. The number of hydrogen-bond acceptors (Lipinski definition) is 3. The molecule has 2 rings (SSSR count). The Bertz CT molecular complexity index is 353. The molecule has 1 N–H and O–H groups in total. The Kier molecular flexibility index (Phi) is 3.72. The van der Waals surface area contributed by atoms with Gasteiger partial charge in [0.1, 0.15) is 5.78 Å². The molecule has 0 unspecified atom stereocenters. The van der Waals surface area contributed by atoms with Crippen LogP contribution in [0.3, 0.4) is 0 Å². The zero-order valence-electron chi connectivity index (χ0n) is 9.78. The Labute approximate surface area is 96.0 Å².